The summed E-state index contributed by atoms with van der Waals surface area (Å²) in [5.41, 5.74) is 0. The number of likely N-dealkylation sites (N-methyl/N-ethyl adjacent to an activating group) is 1. The van der Waals surface area contributed by atoms with E-state index in [1.54, 1.807) is 0 Å². The van der Waals surface area contributed by atoms with E-state index in [4.69, 9.17) is 0 Å². The van der Waals surface area contributed by atoms with E-state index < -0.39 is 0 Å². The van der Waals surface area contributed by atoms with E-state index in [9.17, 15) is 4.79 Å². The molecule has 14 heavy (non-hydrogen) atoms. The summed E-state index contributed by atoms with van der Waals surface area (Å²) in [7, 11) is 1.99. The first-order valence-electron chi connectivity index (χ1n) is 5.51. The molecule has 1 N–H and O–H groups in total. The second-order valence-corrected chi connectivity index (χ2v) is 4.29. The second kappa shape index (κ2) is 7.80. The molecule has 3 nitrogen and oxygen atoms in total. The van der Waals surface area contributed by atoms with Gasteiger partial charge in [0.1, 0.15) is 0 Å². The summed E-state index contributed by atoms with van der Waals surface area (Å²) in [6, 6.07) is 0. The molecule has 3 heteroatoms. The summed E-state index contributed by atoms with van der Waals surface area (Å²) in [4.78, 5) is 13.4. The average molecular weight is 200 g/mol. The zero-order valence-corrected chi connectivity index (χ0v) is 9.97. The topological polar surface area (TPSA) is 32.3 Å². The molecule has 1 amide bonds. The van der Waals surface area contributed by atoms with Crippen LogP contribution in [0.4, 0.5) is 0 Å². The molecule has 0 spiro atoms. The lowest BCUT2D eigenvalue weighted by Crippen LogP contribution is -2.37. The Hall–Kier alpha value is -0.570. The van der Waals surface area contributed by atoms with Crippen LogP contribution in [0, 0.1) is 5.92 Å². The summed E-state index contributed by atoms with van der Waals surface area (Å²) in [5.74, 6) is 0.664. The summed E-state index contributed by atoms with van der Waals surface area (Å²) in [5, 5.41) is 2.91. The molecule has 0 unspecified atom stereocenters. The minimum atomic E-state index is 0.136. The molecule has 0 bridgehead atoms. The number of hydrogen-bond donors (Lipinski definition) is 1. The highest BCUT2D eigenvalue weighted by Crippen LogP contribution is 1.91. The van der Waals surface area contributed by atoms with E-state index in [-0.39, 0.29) is 5.91 Å². The van der Waals surface area contributed by atoms with Gasteiger partial charge in [0.2, 0.25) is 5.91 Å². The van der Waals surface area contributed by atoms with E-state index in [1.165, 1.54) is 6.42 Å². The summed E-state index contributed by atoms with van der Waals surface area (Å²) in [6.07, 6.45) is 2.34. The van der Waals surface area contributed by atoms with Gasteiger partial charge in [-0.1, -0.05) is 27.2 Å². The third-order valence-electron chi connectivity index (χ3n) is 2.01. The molecule has 0 saturated carbocycles. The highest BCUT2D eigenvalue weighted by atomic mass is 16.2. The van der Waals surface area contributed by atoms with Gasteiger partial charge in [-0.2, -0.15) is 0 Å². The van der Waals surface area contributed by atoms with Crippen molar-refractivity contribution in [1.82, 2.24) is 10.2 Å². The Morgan fingerprint density at radius 2 is 2.07 bits per heavy atom. The van der Waals surface area contributed by atoms with Gasteiger partial charge in [-0.3, -0.25) is 9.69 Å². The smallest absolute Gasteiger partial charge is 0.234 e. The molecule has 0 aliphatic heterocycles. The molecule has 0 aliphatic carbocycles. The Morgan fingerprint density at radius 1 is 1.43 bits per heavy atom. The minimum absolute atomic E-state index is 0.136. The number of hydrogen-bond acceptors (Lipinski definition) is 2. The fourth-order valence-corrected chi connectivity index (χ4v) is 1.13. The quantitative estimate of drug-likeness (QED) is 0.675. The van der Waals surface area contributed by atoms with Gasteiger partial charge >= 0.3 is 0 Å². The van der Waals surface area contributed by atoms with Crippen LogP contribution < -0.4 is 5.32 Å². The molecular formula is C11H24N2O. The number of unbranched alkanes of at least 4 members (excludes halogenated alkanes) is 1. The molecule has 0 rings (SSSR count). The van der Waals surface area contributed by atoms with Gasteiger partial charge < -0.3 is 5.32 Å². The first kappa shape index (κ1) is 13.4. The zero-order valence-electron chi connectivity index (χ0n) is 9.97. The molecule has 0 heterocycles. The van der Waals surface area contributed by atoms with Gasteiger partial charge in [0, 0.05) is 6.54 Å². The van der Waals surface area contributed by atoms with Crippen molar-refractivity contribution in [2.24, 2.45) is 5.92 Å². The van der Waals surface area contributed by atoms with Crippen molar-refractivity contribution in [3.63, 3.8) is 0 Å². The molecule has 0 aromatic carbocycles. The molecule has 84 valence electrons. The van der Waals surface area contributed by atoms with Crippen molar-refractivity contribution in [2.75, 3.05) is 26.7 Å². The van der Waals surface area contributed by atoms with Crippen molar-refractivity contribution >= 4 is 5.91 Å². The van der Waals surface area contributed by atoms with Crippen molar-refractivity contribution < 1.29 is 4.79 Å². The minimum Gasteiger partial charge on any atom is -0.355 e. The lowest BCUT2D eigenvalue weighted by atomic mass is 10.2. The van der Waals surface area contributed by atoms with Gasteiger partial charge in [-0.15, -0.1) is 0 Å². The summed E-state index contributed by atoms with van der Waals surface area (Å²) in [6.45, 7) is 8.66. The van der Waals surface area contributed by atoms with Crippen LogP contribution in [0.15, 0.2) is 0 Å². The SMILES string of the molecule is CCCCN(C)CC(=O)NCC(C)C. The molecule has 0 aliphatic rings. The van der Waals surface area contributed by atoms with Gasteiger partial charge in [0.15, 0.2) is 0 Å². The predicted octanol–water partition coefficient (Wildman–Crippen LogP) is 1.49. The van der Waals surface area contributed by atoms with Gasteiger partial charge in [0.05, 0.1) is 6.54 Å². The Bertz CT molecular complexity index is 157. The normalized spacial score (nSPS) is 11.0. The lowest BCUT2D eigenvalue weighted by molar-refractivity contribution is -0.122. The van der Waals surface area contributed by atoms with E-state index in [1.807, 2.05) is 7.05 Å². The molecule has 0 aromatic heterocycles. The molecule has 0 radical (unpaired) electrons. The highest BCUT2D eigenvalue weighted by molar-refractivity contribution is 5.77. The highest BCUT2D eigenvalue weighted by Gasteiger charge is 2.05. The Labute approximate surface area is 87.9 Å². The van der Waals surface area contributed by atoms with Crippen molar-refractivity contribution in [1.29, 1.82) is 0 Å². The molecule has 0 fully saturated rings. The number of amides is 1. The lowest BCUT2D eigenvalue weighted by Gasteiger charge is -2.16. The van der Waals surface area contributed by atoms with E-state index >= 15 is 0 Å². The van der Waals surface area contributed by atoms with E-state index in [0.29, 0.717) is 12.5 Å². The van der Waals surface area contributed by atoms with Crippen molar-refractivity contribution in [2.45, 2.75) is 33.6 Å². The summed E-state index contributed by atoms with van der Waals surface area (Å²) < 4.78 is 0. The first-order chi connectivity index (χ1) is 6.56. The van der Waals surface area contributed by atoms with Crippen LogP contribution in [0.25, 0.3) is 0 Å². The van der Waals surface area contributed by atoms with Gasteiger partial charge in [0.25, 0.3) is 0 Å². The molecule has 0 atom stereocenters. The van der Waals surface area contributed by atoms with E-state index in [0.717, 1.165) is 19.5 Å². The average Bonchev–Trinajstić information content (AvgIpc) is 2.11. The van der Waals surface area contributed by atoms with Crippen LogP contribution in [0.5, 0.6) is 0 Å². The molecular weight excluding hydrogens is 176 g/mol. The largest absolute Gasteiger partial charge is 0.355 e. The third kappa shape index (κ3) is 8.05. The van der Waals surface area contributed by atoms with E-state index in [2.05, 4.69) is 31.0 Å². The fourth-order valence-electron chi connectivity index (χ4n) is 1.13. The van der Waals surface area contributed by atoms with Crippen LogP contribution in [0.3, 0.4) is 0 Å². The number of nitrogens with one attached hydrogen (secondary N) is 1. The van der Waals surface area contributed by atoms with Crippen LogP contribution in [0.2, 0.25) is 0 Å². The number of rotatable bonds is 7. The van der Waals surface area contributed by atoms with Crippen LogP contribution >= 0.6 is 0 Å². The maximum atomic E-state index is 11.4. The second-order valence-electron chi connectivity index (χ2n) is 4.29. The number of carbonyl (C=O) groups excluding carboxylic acids is 1. The maximum absolute atomic E-state index is 11.4. The standard InChI is InChI=1S/C11H24N2O/c1-5-6-7-13(4)9-11(14)12-8-10(2)3/h10H,5-9H2,1-4H3,(H,12,14). The van der Waals surface area contributed by atoms with Crippen molar-refractivity contribution in [3.8, 4) is 0 Å². The number of carbonyl (C=O) groups is 1. The molecule has 0 saturated heterocycles. The Morgan fingerprint density at radius 3 is 2.57 bits per heavy atom. The fraction of sp³-hybridized carbons (Fsp3) is 0.909. The summed E-state index contributed by atoms with van der Waals surface area (Å²) >= 11 is 0. The van der Waals surface area contributed by atoms with Crippen LogP contribution in [0.1, 0.15) is 33.6 Å². The maximum Gasteiger partial charge on any atom is 0.234 e. The molecule has 0 aromatic rings. The third-order valence-corrected chi connectivity index (χ3v) is 2.01. The van der Waals surface area contributed by atoms with Gasteiger partial charge in [-0.25, -0.2) is 0 Å². The Balaban J connectivity index is 3.50. The van der Waals surface area contributed by atoms with Crippen LogP contribution in [-0.4, -0.2) is 37.5 Å². The zero-order chi connectivity index (χ0) is 11.0. The first-order valence-corrected chi connectivity index (χ1v) is 5.51. The number of nitrogens with zero attached hydrogens (tertiary/aromatic N) is 1. The van der Waals surface area contributed by atoms with Gasteiger partial charge in [-0.05, 0) is 25.9 Å². The predicted molar refractivity (Wildman–Crippen MR) is 60.3 cm³/mol. The monoisotopic (exact) mass is 200 g/mol. The Kier molecular flexibility index (Phi) is 7.48. The van der Waals surface area contributed by atoms with Crippen molar-refractivity contribution in [3.05, 3.63) is 0 Å². The van der Waals surface area contributed by atoms with Crippen LogP contribution in [-0.2, 0) is 4.79 Å².